The number of nitrogens with zero attached hydrogens (tertiary/aromatic N) is 1. The molecule has 1 fully saturated rings. The zero-order valence-electron chi connectivity index (χ0n) is 12.8. The van der Waals surface area contributed by atoms with Crippen molar-refractivity contribution in [1.29, 1.82) is 0 Å². The van der Waals surface area contributed by atoms with E-state index in [0.717, 1.165) is 6.42 Å². The highest BCUT2D eigenvalue weighted by atomic mass is 16.4. The number of rotatable bonds is 5. The molecule has 0 aromatic carbocycles. The molecule has 0 aliphatic heterocycles. The number of aryl methyl sites for hydroxylation is 1. The smallest absolute Gasteiger partial charge is 0.305 e. The fraction of sp³-hybridized carbons (Fsp3) is 0.353. The summed E-state index contributed by atoms with van der Waals surface area (Å²) in [6, 6.07) is 7.00. The lowest BCUT2D eigenvalue weighted by molar-refractivity contribution is -0.139. The second-order valence-corrected chi connectivity index (χ2v) is 5.97. The van der Waals surface area contributed by atoms with Gasteiger partial charge in [-0.25, -0.2) is 4.98 Å². The maximum atomic E-state index is 12.5. The Kier molecular flexibility index (Phi) is 3.90. The second kappa shape index (κ2) is 5.87. The Bertz CT molecular complexity index is 733. The minimum atomic E-state index is -0.895. The van der Waals surface area contributed by atoms with Crippen LogP contribution in [-0.2, 0) is 4.79 Å². The summed E-state index contributed by atoms with van der Waals surface area (Å²) in [5.74, 6) is -0.531. The number of nitrogens with one attached hydrogen (secondary N) is 1. The van der Waals surface area contributed by atoms with Crippen molar-refractivity contribution in [2.75, 3.05) is 0 Å². The first-order valence-electron chi connectivity index (χ1n) is 7.55. The van der Waals surface area contributed by atoms with Crippen molar-refractivity contribution in [3.8, 4) is 11.5 Å². The second-order valence-electron chi connectivity index (χ2n) is 5.97. The Morgan fingerprint density at radius 1 is 1.35 bits per heavy atom. The van der Waals surface area contributed by atoms with E-state index in [1.165, 1.54) is 0 Å². The molecule has 6 heteroatoms. The van der Waals surface area contributed by atoms with E-state index in [9.17, 15) is 9.59 Å². The molecule has 0 bridgehead atoms. The molecule has 2 N–H and O–H groups in total. The van der Waals surface area contributed by atoms with E-state index in [-0.39, 0.29) is 12.3 Å². The quantitative estimate of drug-likeness (QED) is 0.885. The highest BCUT2D eigenvalue weighted by molar-refractivity contribution is 5.96. The molecule has 6 nitrogen and oxygen atoms in total. The molecule has 1 aliphatic carbocycles. The molecule has 2 aromatic rings. The zero-order chi connectivity index (χ0) is 16.4. The SMILES string of the molecule is Cc1nc(-c2ccco2)ccc1C(=O)NC1(CC(=O)O)CCC1. The van der Waals surface area contributed by atoms with Gasteiger partial charge in [0.1, 0.15) is 5.69 Å². The summed E-state index contributed by atoms with van der Waals surface area (Å²) in [6.45, 7) is 1.76. The van der Waals surface area contributed by atoms with E-state index >= 15 is 0 Å². The van der Waals surface area contributed by atoms with E-state index in [4.69, 9.17) is 9.52 Å². The van der Waals surface area contributed by atoms with Gasteiger partial charge in [-0.3, -0.25) is 9.59 Å². The van der Waals surface area contributed by atoms with Gasteiger partial charge in [0, 0.05) is 0 Å². The summed E-state index contributed by atoms with van der Waals surface area (Å²) in [7, 11) is 0. The van der Waals surface area contributed by atoms with Crippen LogP contribution in [0.3, 0.4) is 0 Å². The molecule has 0 unspecified atom stereocenters. The Balaban J connectivity index is 1.78. The summed E-state index contributed by atoms with van der Waals surface area (Å²) in [5, 5.41) is 11.9. The number of carboxylic acids is 1. The summed E-state index contributed by atoms with van der Waals surface area (Å²) in [6.07, 6.45) is 3.85. The zero-order valence-corrected chi connectivity index (χ0v) is 12.8. The van der Waals surface area contributed by atoms with Crippen LogP contribution in [0, 0.1) is 6.92 Å². The van der Waals surface area contributed by atoms with Crippen LogP contribution in [0.5, 0.6) is 0 Å². The van der Waals surface area contributed by atoms with E-state index in [0.29, 0.717) is 35.6 Å². The predicted molar refractivity (Wildman–Crippen MR) is 83.0 cm³/mol. The summed E-state index contributed by atoms with van der Waals surface area (Å²) in [4.78, 5) is 27.9. The number of carbonyl (C=O) groups excluding carboxylic acids is 1. The normalized spacial score (nSPS) is 15.7. The number of hydrogen-bond acceptors (Lipinski definition) is 4. The lowest BCUT2D eigenvalue weighted by Gasteiger charge is -2.41. The molecule has 2 aromatic heterocycles. The van der Waals surface area contributed by atoms with Crippen molar-refractivity contribution in [1.82, 2.24) is 10.3 Å². The molecule has 2 heterocycles. The highest BCUT2D eigenvalue weighted by Crippen LogP contribution is 2.35. The molecule has 1 amide bonds. The number of aromatic nitrogens is 1. The van der Waals surface area contributed by atoms with Crippen molar-refractivity contribution in [2.45, 2.75) is 38.1 Å². The first kappa shape index (κ1) is 15.3. The Morgan fingerprint density at radius 3 is 2.65 bits per heavy atom. The van der Waals surface area contributed by atoms with Crippen molar-refractivity contribution < 1.29 is 19.1 Å². The number of amides is 1. The average Bonchev–Trinajstić information content (AvgIpc) is 2.98. The third-order valence-electron chi connectivity index (χ3n) is 4.28. The third kappa shape index (κ3) is 3.11. The average molecular weight is 314 g/mol. The highest BCUT2D eigenvalue weighted by Gasteiger charge is 2.40. The molecule has 0 spiro atoms. The molecule has 3 rings (SSSR count). The third-order valence-corrected chi connectivity index (χ3v) is 4.28. The van der Waals surface area contributed by atoms with Crippen LogP contribution in [0.25, 0.3) is 11.5 Å². The van der Waals surface area contributed by atoms with E-state index in [2.05, 4.69) is 10.3 Å². The number of hydrogen-bond donors (Lipinski definition) is 2. The molecular weight excluding hydrogens is 296 g/mol. The van der Waals surface area contributed by atoms with Crippen molar-refractivity contribution in [3.63, 3.8) is 0 Å². The first-order chi connectivity index (χ1) is 11.0. The monoisotopic (exact) mass is 314 g/mol. The fourth-order valence-corrected chi connectivity index (χ4v) is 2.91. The van der Waals surface area contributed by atoms with Crippen molar-refractivity contribution in [2.24, 2.45) is 0 Å². The van der Waals surface area contributed by atoms with Crippen LogP contribution >= 0.6 is 0 Å². The van der Waals surface area contributed by atoms with Crippen LogP contribution in [0.15, 0.2) is 34.9 Å². The number of carboxylic acid groups (broad SMARTS) is 1. The lowest BCUT2D eigenvalue weighted by atomic mass is 9.74. The van der Waals surface area contributed by atoms with E-state index in [1.54, 1.807) is 37.5 Å². The van der Waals surface area contributed by atoms with Gasteiger partial charge in [-0.05, 0) is 50.5 Å². The van der Waals surface area contributed by atoms with Crippen LogP contribution < -0.4 is 5.32 Å². The number of carbonyl (C=O) groups is 2. The minimum Gasteiger partial charge on any atom is -0.481 e. The summed E-state index contributed by atoms with van der Waals surface area (Å²) < 4.78 is 5.30. The fourth-order valence-electron chi connectivity index (χ4n) is 2.91. The number of furan rings is 1. The minimum absolute atomic E-state index is 0.0459. The molecule has 23 heavy (non-hydrogen) atoms. The Morgan fingerprint density at radius 2 is 2.13 bits per heavy atom. The Labute approximate surface area is 133 Å². The van der Waals surface area contributed by atoms with Gasteiger partial charge < -0.3 is 14.8 Å². The van der Waals surface area contributed by atoms with Gasteiger partial charge in [-0.15, -0.1) is 0 Å². The lowest BCUT2D eigenvalue weighted by Crippen LogP contribution is -2.54. The van der Waals surface area contributed by atoms with Gasteiger partial charge in [0.2, 0.25) is 0 Å². The van der Waals surface area contributed by atoms with Gasteiger partial charge in [-0.1, -0.05) is 0 Å². The number of pyridine rings is 1. The molecule has 0 atom stereocenters. The maximum absolute atomic E-state index is 12.5. The van der Waals surface area contributed by atoms with Crippen LogP contribution in [0.4, 0.5) is 0 Å². The maximum Gasteiger partial charge on any atom is 0.305 e. The topological polar surface area (TPSA) is 92.4 Å². The number of aliphatic carboxylic acids is 1. The largest absolute Gasteiger partial charge is 0.481 e. The van der Waals surface area contributed by atoms with E-state index in [1.807, 2.05) is 0 Å². The van der Waals surface area contributed by atoms with Gasteiger partial charge in [-0.2, -0.15) is 0 Å². The van der Waals surface area contributed by atoms with Crippen molar-refractivity contribution >= 4 is 11.9 Å². The van der Waals surface area contributed by atoms with E-state index < -0.39 is 11.5 Å². The molecule has 120 valence electrons. The Hall–Kier alpha value is -2.63. The predicted octanol–water partition coefficient (Wildman–Crippen LogP) is 2.78. The van der Waals surface area contributed by atoms with Gasteiger partial charge in [0.05, 0.1) is 29.5 Å². The molecule has 1 saturated carbocycles. The van der Waals surface area contributed by atoms with Crippen molar-refractivity contribution in [3.05, 3.63) is 41.8 Å². The molecule has 1 aliphatic rings. The molecular formula is C17H18N2O4. The van der Waals surface area contributed by atoms with Gasteiger partial charge in [0.15, 0.2) is 5.76 Å². The standard InChI is InChI=1S/C17H18N2O4/c1-11-12(5-6-13(18-11)14-4-2-9-23-14)16(22)19-17(7-3-8-17)10-15(20)21/h2,4-6,9H,3,7-8,10H2,1H3,(H,19,22)(H,20,21). The summed E-state index contributed by atoms with van der Waals surface area (Å²) in [5.41, 5.74) is 1.08. The van der Waals surface area contributed by atoms with Gasteiger partial charge >= 0.3 is 5.97 Å². The first-order valence-corrected chi connectivity index (χ1v) is 7.55. The van der Waals surface area contributed by atoms with Crippen LogP contribution in [-0.4, -0.2) is 27.5 Å². The molecule has 0 saturated heterocycles. The van der Waals surface area contributed by atoms with Crippen LogP contribution in [0.2, 0.25) is 0 Å². The summed E-state index contributed by atoms with van der Waals surface area (Å²) >= 11 is 0. The van der Waals surface area contributed by atoms with Crippen LogP contribution in [0.1, 0.15) is 41.7 Å². The van der Waals surface area contributed by atoms with Gasteiger partial charge in [0.25, 0.3) is 5.91 Å². The molecule has 0 radical (unpaired) electrons.